The second-order valence-corrected chi connectivity index (χ2v) is 5.56. The average Bonchev–Trinajstić information content (AvgIpc) is 1.95. The summed E-state index contributed by atoms with van der Waals surface area (Å²) < 4.78 is 26.7. The Morgan fingerprint density at radius 2 is 1.87 bits per heavy atom. The predicted octanol–water partition coefficient (Wildman–Crippen LogP) is -1.35. The number of hydrogen-bond donors (Lipinski definition) is 4. The first-order chi connectivity index (χ1) is 6.53. The minimum atomic E-state index is -3.79. The van der Waals surface area contributed by atoms with Crippen molar-refractivity contribution in [2.45, 2.75) is 32.4 Å². The molecule has 0 aliphatic carbocycles. The maximum atomic E-state index is 11.2. The number of carbonyl (C=O) groups is 1. The first kappa shape index (κ1) is 14.3. The van der Waals surface area contributed by atoms with Crippen LogP contribution in [0.5, 0.6) is 0 Å². The van der Waals surface area contributed by atoms with E-state index in [9.17, 15) is 13.2 Å². The Balaban J connectivity index is 4.24. The summed E-state index contributed by atoms with van der Waals surface area (Å²) in [7, 11) is -3.79. The minimum Gasteiger partial charge on any atom is -0.479 e. The molecule has 4 N–H and O–H groups in total. The van der Waals surface area contributed by atoms with E-state index in [1.54, 1.807) is 20.8 Å². The minimum absolute atomic E-state index is 0.569. The smallest absolute Gasteiger partial charge is 0.333 e. The van der Waals surface area contributed by atoms with E-state index in [4.69, 9.17) is 10.2 Å². The van der Waals surface area contributed by atoms with Gasteiger partial charge >= 0.3 is 5.97 Å². The molecule has 0 aromatic carbocycles. The van der Waals surface area contributed by atoms with Crippen molar-refractivity contribution >= 4 is 16.2 Å². The van der Waals surface area contributed by atoms with Gasteiger partial charge in [0.25, 0.3) is 10.2 Å². The van der Waals surface area contributed by atoms with Gasteiger partial charge in [-0.15, -0.1) is 0 Å². The molecule has 0 unspecified atom stereocenters. The summed E-state index contributed by atoms with van der Waals surface area (Å²) in [5, 5.41) is 17.1. The van der Waals surface area contributed by atoms with Crippen molar-refractivity contribution in [1.82, 2.24) is 9.44 Å². The summed E-state index contributed by atoms with van der Waals surface area (Å²) in [6.07, 6.45) is -1.75. The molecule has 0 aliphatic heterocycles. The van der Waals surface area contributed by atoms with E-state index in [2.05, 4.69) is 4.72 Å². The van der Waals surface area contributed by atoms with Crippen LogP contribution < -0.4 is 9.44 Å². The number of carboxylic acids is 1. The van der Waals surface area contributed by atoms with E-state index in [1.165, 1.54) is 0 Å². The third-order valence-electron chi connectivity index (χ3n) is 1.19. The van der Waals surface area contributed by atoms with Gasteiger partial charge in [-0.25, -0.2) is 4.79 Å². The van der Waals surface area contributed by atoms with Crippen LogP contribution in [0, 0.1) is 0 Å². The molecule has 0 saturated heterocycles. The second kappa shape index (κ2) is 4.88. The number of rotatable bonds is 5. The van der Waals surface area contributed by atoms with Crippen molar-refractivity contribution in [3.05, 3.63) is 0 Å². The predicted molar refractivity (Wildman–Crippen MR) is 53.5 cm³/mol. The van der Waals surface area contributed by atoms with Crippen molar-refractivity contribution < 1.29 is 23.4 Å². The van der Waals surface area contributed by atoms with E-state index < -0.39 is 34.4 Å². The van der Waals surface area contributed by atoms with Crippen LogP contribution >= 0.6 is 0 Å². The summed E-state index contributed by atoms with van der Waals surface area (Å²) in [4.78, 5) is 10.2. The lowest BCUT2D eigenvalue weighted by Crippen LogP contribution is -2.49. The molecule has 0 rings (SSSR count). The van der Waals surface area contributed by atoms with E-state index in [0.29, 0.717) is 0 Å². The van der Waals surface area contributed by atoms with Gasteiger partial charge in [-0.1, -0.05) is 0 Å². The van der Waals surface area contributed by atoms with Gasteiger partial charge in [0.2, 0.25) is 0 Å². The van der Waals surface area contributed by atoms with Crippen molar-refractivity contribution in [3.63, 3.8) is 0 Å². The maximum absolute atomic E-state index is 11.2. The molecule has 0 amide bonds. The van der Waals surface area contributed by atoms with Crippen LogP contribution in [0.15, 0.2) is 0 Å². The van der Waals surface area contributed by atoms with Crippen LogP contribution in [-0.2, 0) is 15.0 Å². The lowest BCUT2D eigenvalue weighted by atomic mass is 10.1. The Kier molecular flexibility index (Phi) is 4.65. The van der Waals surface area contributed by atoms with Gasteiger partial charge in [0.1, 0.15) is 0 Å². The SMILES string of the molecule is CC(C)(C)NS(=O)(=O)NC[C@H](O)C(=O)O. The summed E-state index contributed by atoms with van der Waals surface area (Å²) in [5.41, 5.74) is -0.667. The summed E-state index contributed by atoms with van der Waals surface area (Å²) in [5.74, 6) is -1.48. The molecule has 0 heterocycles. The van der Waals surface area contributed by atoms with Crippen LogP contribution in [0.2, 0.25) is 0 Å². The Hall–Kier alpha value is -0.700. The first-order valence-corrected chi connectivity index (χ1v) is 5.71. The molecular weight excluding hydrogens is 224 g/mol. The number of carboxylic acid groups (broad SMARTS) is 1. The van der Waals surface area contributed by atoms with E-state index >= 15 is 0 Å². The topological polar surface area (TPSA) is 116 Å². The van der Waals surface area contributed by atoms with E-state index in [-0.39, 0.29) is 0 Å². The molecule has 15 heavy (non-hydrogen) atoms. The Morgan fingerprint density at radius 3 is 2.20 bits per heavy atom. The zero-order valence-corrected chi connectivity index (χ0v) is 9.63. The number of nitrogens with one attached hydrogen (secondary N) is 2. The third kappa shape index (κ3) is 7.25. The molecule has 0 aromatic heterocycles. The summed E-state index contributed by atoms with van der Waals surface area (Å²) in [6.45, 7) is 4.35. The molecule has 0 saturated carbocycles. The zero-order chi connectivity index (χ0) is 12.3. The maximum Gasteiger partial charge on any atom is 0.333 e. The highest BCUT2D eigenvalue weighted by molar-refractivity contribution is 7.87. The fourth-order valence-electron chi connectivity index (χ4n) is 0.715. The van der Waals surface area contributed by atoms with Gasteiger partial charge in [-0.05, 0) is 20.8 Å². The second-order valence-electron chi connectivity index (χ2n) is 4.06. The molecule has 90 valence electrons. The molecule has 0 aliphatic rings. The first-order valence-electron chi connectivity index (χ1n) is 4.23. The number of aliphatic carboxylic acids is 1. The van der Waals surface area contributed by atoms with Crippen LogP contribution in [0.4, 0.5) is 0 Å². The van der Waals surface area contributed by atoms with Crippen LogP contribution in [0.3, 0.4) is 0 Å². The number of hydrogen-bond acceptors (Lipinski definition) is 4. The van der Waals surface area contributed by atoms with Crippen molar-refractivity contribution in [3.8, 4) is 0 Å². The highest BCUT2D eigenvalue weighted by atomic mass is 32.2. The standard InChI is InChI=1S/C7H16N2O5S/c1-7(2,3)9-15(13,14)8-4-5(10)6(11)12/h5,8-10H,4H2,1-3H3,(H,11,12)/t5-/m0/s1. The van der Waals surface area contributed by atoms with Crippen molar-refractivity contribution in [1.29, 1.82) is 0 Å². The molecule has 1 atom stereocenters. The molecule has 0 spiro atoms. The molecule has 0 aromatic rings. The van der Waals surface area contributed by atoms with Crippen LogP contribution in [-0.4, -0.2) is 42.8 Å². The van der Waals surface area contributed by atoms with Gasteiger partial charge in [-0.3, -0.25) is 0 Å². The molecule has 7 nitrogen and oxygen atoms in total. The zero-order valence-electron chi connectivity index (χ0n) is 8.81. The summed E-state index contributed by atoms with van der Waals surface area (Å²) >= 11 is 0. The molecule has 0 radical (unpaired) electrons. The summed E-state index contributed by atoms with van der Waals surface area (Å²) in [6, 6.07) is 0. The van der Waals surface area contributed by atoms with Crippen LogP contribution in [0.1, 0.15) is 20.8 Å². The van der Waals surface area contributed by atoms with Crippen LogP contribution in [0.25, 0.3) is 0 Å². The third-order valence-corrected chi connectivity index (χ3v) is 2.62. The highest BCUT2D eigenvalue weighted by Gasteiger charge is 2.22. The Bertz CT molecular complexity index is 319. The fourth-order valence-corrected chi connectivity index (χ4v) is 1.97. The van der Waals surface area contributed by atoms with E-state index in [0.717, 1.165) is 0 Å². The molecule has 0 fully saturated rings. The average molecular weight is 240 g/mol. The Labute approximate surface area is 88.7 Å². The fraction of sp³-hybridized carbons (Fsp3) is 0.857. The quantitative estimate of drug-likeness (QED) is 0.474. The van der Waals surface area contributed by atoms with E-state index in [1.807, 2.05) is 4.72 Å². The molecular formula is C7H16N2O5S. The molecule has 8 heteroatoms. The van der Waals surface area contributed by atoms with Gasteiger partial charge in [0.05, 0.1) is 0 Å². The largest absolute Gasteiger partial charge is 0.479 e. The van der Waals surface area contributed by atoms with Crippen molar-refractivity contribution in [2.75, 3.05) is 6.54 Å². The van der Waals surface area contributed by atoms with Gasteiger partial charge in [0.15, 0.2) is 6.10 Å². The van der Waals surface area contributed by atoms with Gasteiger partial charge < -0.3 is 10.2 Å². The monoisotopic (exact) mass is 240 g/mol. The lowest BCUT2D eigenvalue weighted by molar-refractivity contribution is -0.146. The van der Waals surface area contributed by atoms with Gasteiger partial charge in [0, 0.05) is 12.1 Å². The Morgan fingerprint density at radius 1 is 1.40 bits per heavy atom. The van der Waals surface area contributed by atoms with Crippen molar-refractivity contribution in [2.24, 2.45) is 0 Å². The number of aliphatic hydroxyl groups is 1. The molecule has 0 bridgehead atoms. The normalized spacial score (nSPS) is 14.9. The highest BCUT2D eigenvalue weighted by Crippen LogP contribution is 2.00. The lowest BCUT2D eigenvalue weighted by Gasteiger charge is -2.20. The van der Waals surface area contributed by atoms with Gasteiger partial charge in [-0.2, -0.15) is 17.9 Å². The number of aliphatic hydroxyl groups excluding tert-OH is 1.